The van der Waals surface area contributed by atoms with Gasteiger partial charge in [-0.1, -0.05) is 54.6 Å². The Kier molecular flexibility index (Phi) is 9.09. The minimum atomic E-state index is -3.11. The first-order chi connectivity index (χ1) is 32.7. The molecule has 0 saturated heterocycles. The van der Waals surface area contributed by atoms with Gasteiger partial charge in [-0.05, 0) is 35.4 Å². The summed E-state index contributed by atoms with van der Waals surface area (Å²) in [5.74, 6) is 0. The standard InChI is InChI=1S/C62H42NOSSi/c1-5-17-42(18-6-1)46-31-34-58-56(40-46)61-53-29-13-14-30-57(53)63(62(61)64-58)48-33-36-60-55(41-48)54-39-47(32-35-59(54)65-60)44-20-15-19-43(37-44)45-21-16-28-52(38-45)66(49-22-7-2-8-23-49,50-24-9-3-10-25-50)51-26-11-4-12-27-51/h1-41,66H/q-1. The van der Waals surface area contributed by atoms with Crippen molar-refractivity contribution in [2.45, 2.75) is 0 Å². The van der Waals surface area contributed by atoms with E-state index in [1.807, 2.05) is 11.3 Å². The van der Waals surface area contributed by atoms with Gasteiger partial charge in [-0.2, -0.15) is 0 Å². The fraction of sp³-hybridized carbons (Fsp3) is 0. The molecule has 0 aliphatic rings. The van der Waals surface area contributed by atoms with Crippen molar-refractivity contribution in [3.8, 4) is 39.1 Å². The second-order valence-electron chi connectivity index (χ2n) is 17.5. The molecule has 66 heavy (non-hydrogen) atoms. The van der Waals surface area contributed by atoms with Crippen LogP contribution in [0.3, 0.4) is 0 Å². The van der Waals surface area contributed by atoms with Gasteiger partial charge >= 0.3 is 258 Å². The van der Waals surface area contributed by atoms with E-state index in [1.165, 1.54) is 79.7 Å². The molecule has 0 aliphatic heterocycles. The molecule has 0 N–H and O–H groups in total. The van der Waals surface area contributed by atoms with Crippen molar-refractivity contribution in [3.63, 3.8) is 0 Å². The molecule has 0 aliphatic carbocycles. The van der Waals surface area contributed by atoms with Crippen LogP contribution < -0.4 is 20.7 Å². The number of para-hydroxylation sites is 1. The van der Waals surface area contributed by atoms with Crippen LogP contribution in [0.4, 0.5) is 0 Å². The first-order valence-electron chi connectivity index (χ1n) is 22.7. The maximum Gasteiger partial charge on any atom is -0.0544 e. The van der Waals surface area contributed by atoms with Gasteiger partial charge in [0.15, 0.2) is 0 Å². The van der Waals surface area contributed by atoms with Crippen LogP contribution in [0.1, 0.15) is 0 Å². The van der Waals surface area contributed by atoms with Gasteiger partial charge in [0.05, 0.1) is 10.9 Å². The molecule has 0 atom stereocenters. The largest absolute Gasteiger partial charge is 0.0617 e. The Morgan fingerprint density at radius 3 is 1.50 bits per heavy atom. The predicted octanol–water partition coefficient (Wildman–Crippen LogP) is 14.0. The zero-order valence-electron chi connectivity index (χ0n) is 36.0. The fourth-order valence-corrected chi connectivity index (χ4v) is 17.5. The third-order valence-electron chi connectivity index (χ3n) is 13.9. The van der Waals surface area contributed by atoms with Crippen molar-refractivity contribution < 1.29 is 4.42 Å². The second-order valence-corrected chi connectivity index (χ2v) is 23.0. The van der Waals surface area contributed by atoms with Crippen molar-refractivity contribution in [2.24, 2.45) is 0 Å². The van der Waals surface area contributed by atoms with Gasteiger partial charge in [0.2, 0.25) is 5.71 Å². The third-order valence-corrected chi connectivity index (χ3v) is 20.6. The number of aromatic nitrogens is 1. The van der Waals surface area contributed by atoms with E-state index in [1.54, 1.807) is 0 Å². The quantitative estimate of drug-likeness (QED) is 0.110. The predicted molar refractivity (Wildman–Crippen MR) is 285 cm³/mol. The summed E-state index contributed by atoms with van der Waals surface area (Å²) in [4.78, 5) is 0. The molecule has 2 nitrogen and oxygen atoms in total. The molecule has 13 aromatic rings. The van der Waals surface area contributed by atoms with Crippen molar-refractivity contribution in [3.05, 3.63) is 249 Å². The summed E-state index contributed by atoms with van der Waals surface area (Å²) < 4.78 is 11.6. The summed E-state index contributed by atoms with van der Waals surface area (Å²) in [5, 5.41) is 11.6. The van der Waals surface area contributed by atoms with Crippen LogP contribution in [0.25, 0.3) is 92.2 Å². The van der Waals surface area contributed by atoms with E-state index in [2.05, 4.69) is 253 Å². The maximum atomic E-state index is 6.78. The Labute approximate surface area is 387 Å². The topological polar surface area (TPSA) is 18.1 Å². The van der Waals surface area contributed by atoms with Crippen LogP contribution in [0.2, 0.25) is 0 Å². The number of thiophene rings is 1. The minimum Gasteiger partial charge on any atom is -0.0617 e. The monoisotopic (exact) mass is 876 g/mol. The van der Waals surface area contributed by atoms with E-state index in [-0.39, 0.29) is 0 Å². The van der Waals surface area contributed by atoms with Crippen LogP contribution >= 0.6 is 11.3 Å². The third kappa shape index (κ3) is 6.14. The van der Waals surface area contributed by atoms with E-state index in [9.17, 15) is 0 Å². The van der Waals surface area contributed by atoms with Crippen molar-refractivity contribution in [2.75, 3.05) is 0 Å². The number of rotatable bonds is 8. The molecule has 13 rings (SSSR count). The van der Waals surface area contributed by atoms with Crippen LogP contribution in [-0.2, 0) is 0 Å². The zero-order chi connectivity index (χ0) is 43.6. The molecule has 10 aromatic carbocycles. The maximum absolute atomic E-state index is 6.78. The molecular weight excluding hydrogens is 835 g/mol. The number of hydrogen-bond donors (Lipinski definition) is 0. The SMILES string of the molecule is c1ccc(-c2ccc3oc4c(c3c2)c2ccccc2n4-c2ccc3sc4ccc(-c5cccc(-c6cccc([SiH-](c7ccccc7)(c7ccccc7)c7ccccc7)c6)c5)cc4c3c2)cc1. The molecule has 4 heteroatoms. The van der Waals surface area contributed by atoms with E-state index in [0.29, 0.717) is 0 Å². The molecule has 0 bridgehead atoms. The first-order valence-corrected chi connectivity index (χ1v) is 25.8. The number of furan rings is 1. The summed E-state index contributed by atoms with van der Waals surface area (Å²) in [6.45, 7) is 0. The second kappa shape index (κ2) is 15.6. The van der Waals surface area contributed by atoms with Gasteiger partial charge < -0.3 is 4.42 Å². The number of fused-ring (bicyclic) bond motifs is 8. The van der Waals surface area contributed by atoms with Gasteiger partial charge in [0.1, 0.15) is 5.58 Å². The molecule has 0 radical (unpaired) electrons. The summed E-state index contributed by atoms with van der Waals surface area (Å²) in [5.41, 5.74) is 11.2. The molecule has 0 fully saturated rings. The normalized spacial score (nSPS) is 12.2. The minimum absolute atomic E-state index is 0.869. The average Bonchev–Trinajstić information content (AvgIpc) is 4.06. The number of hydrogen-bond acceptors (Lipinski definition) is 2. The Balaban J connectivity index is 0.918. The summed E-state index contributed by atoms with van der Waals surface area (Å²) >= 11 is 1.85. The Morgan fingerprint density at radius 2 is 0.818 bits per heavy atom. The van der Waals surface area contributed by atoms with Crippen LogP contribution in [0.5, 0.6) is 0 Å². The average molecular weight is 877 g/mol. The van der Waals surface area contributed by atoms with Crippen molar-refractivity contribution in [1.29, 1.82) is 0 Å². The van der Waals surface area contributed by atoms with Crippen molar-refractivity contribution in [1.82, 2.24) is 4.57 Å². The molecule has 0 unspecified atom stereocenters. The van der Waals surface area contributed by atoms with Gasteiger partial charge in [0, 0.05) is 10.8 Å². The number of nitrogens with zero attached hydrogens (tertiary/aromatic N) is 1. The summed E-state index contributed by atoms with van der Waals surface area (Å²) in [7, 11) is -3.11. The van der Waals surface area contributed by atoms with Crippen LogP contribution in [0.15, 0.2) is 253 Å². The summed E-state index contributed by atoms with van der Waals surface area (Å²) in [6.07, 6.45) is 0. The molecular formula is C62H42NOSSi-. The van der Waals surface area contributed by atoms with E-state index in [0.717, 1.165) is 33.3 Å². The molecule has 312 valence electrons. The molecule has 3 heterocycles. The molecule has 0 amide bonds. The van der Waals surface area contributed by atoms with Gasteiger partial charge in [-0.25, -0.2) is 0 Å². The zero-order valence-corrected chi connectivity index (χ0v) is 38.0. The smallest absolute Gasteiger partial charge is 0.0544 e. The van der Waals surface area contributed by atoms with Gasteiger partial charge in [0.25, 0.3) is 0 Å². The van der Waals surface area contributed by atoms with Gasteiger partial charge in [-0.15, -0.1) is 0 Å². The van der Waals surface area contributed by atoms with Crippen LogP contribution in [-0.4, -0.2) is 12.6 Å². The van der Waals surface area contributed by atoms with E-state index < -0.39 is 8.07 Å². The first kappa shape index (κ1) is 38.4. The Morgan fingerprint density at radius 1 is 0.333 bits per heavy atom. The Bertz CT molecular complexity index is 3830. The molecule has 0 saturated carbocycles. The molecule has 3 aromatic heterocycles. The molecule has 0 spiro atoms. The van der Waals surface area contributed by atoms with E-state index >= 15 is 0 Å². The fourth-order valence-electron chi connectivity index (χ4n) is 10.9. The van der Waals surface area contributed by atoms with Gasteiger partial charge in [-0.3, -0.25) is 4.57 Å². The van der Waals surface area contributed by atoms with E-state index in [4.69, 9.17) is 4.42 Å². The Hall–Kier alpha value is -8.02. The van der Waals surface area contributed by atoms with Crippen LogP contribution in [0, 0.1) is 0 Å². The van der Waals surface area contributed by atoms with Crippen molar-refractivity contribution >= 4 is 93.3 Å². The number of benzene rings is 10. The summed E-state index contributed by atoms with van der Waals surface area (Å²) in [6, 6.07) is 91.8.